The first-order valence-electron chi connectivity index (χ1n) is 7.54. The molecule has 1 amide bonds. The standard InChI is InChI=1S/C18H12ClN3O2S/c19-13-7-3-1-5-11(13)15-10-25-18(20-15)21-17(23)9-14-12-6-2-4-8-16(12)24-22-14/h1-8,10H,9H2,(H,20,21,23). The van der Waals surface area contributed by atoms with Gasteiger partial charge in [-0.3, -0.25) is 4.79 Å². The summed E-state index contributed by atoms with van der Waals surface area (Å²) in [6, 6.07) is 14.9. The second-order valence-electron chi connectivity index (χ2n) is 5.37. The molecule has 124 valence electrons. The van der Waals surface area contributed by atoms with Crippen molar-refractivity contribution in [2.45, 2.75) is 6.42 Å². The molecule has 4 aromatic rings. The number of carbonyl (C=O) groups excluding carboxylic acids is 1. The molecule has 0 radical (unpaired) electrons. The van der Waals surface area contributed by atoms with Gasteiger partial charge in [-0.25, -0.2) is 4.98 Å². The Kier molecular flexibility index (Phi) is 4.21. The van der Waals surface area contributed by atoms with Gasteiger partial charge in [-0.1, -0.05) is 47.1 Å². The van der Waals surface area contributed by atoms with E-state index in [1.54, 1.807) is 0 Å². The van der Waals surface area contributed by atoms with Gasteiger partial charge >= 0.3 is 0 Å². The second kappa shape index (κ2) is 6.66. The number of nitrogens with one attached hydrogen (secondary N) is 1. The molecular formula is C18H12ClN3O2S. The molecule has 1 N–H and O–H groups in total. The predicted octanol–water partition coefficient (Wildman–Crippen LogP) is 4.79. The molecule has 0 atom stereocenters. The summed E-state index contributed by atoms with van der Waals surface area (Å²) in [5.74, 6) is -0.195. The molecule has 2 aromatic heterocycles. The van der Waals surface area contributed by atoms with E-state index >= 15 is 0 Å². The highest BCUT2D eigenvalue weighted by atomic mass is 35.5. The molecule has 7 heteroatoms. The molecule has 2 heterocycles. The maximum atomic E-state index is 12.3. The van der Waals surface area contributed by atoms with E-state index in [1.807, 2.05) is 53.9 Å². The molecule has 0 spiro atoms. The number of anilines is 1. The molecule has 0 aliphatic heterocycles. The van der Waals surface area contributed by atoms with Crippen molar-refractivity contribution in [3.63, 3.8) is 0 Å². The number of thiazole rings is 1. The normalized spacial score (nSPS) is 10.9. The van der Waals surface area contributed by atoms with E-state index in [1.165, 1.54) is 11.3 Å². The summed E-state index contributed by atoms with van der Waals surface area (Å²) in [6.07, 6.45) is 0.123. The zero-order chi connectivity index (χ0) is 17.2. The molecule has 2 aromatic carbocycles. The number of hydrogen-bond donors (Lipinski definition) is 1. The van der Waals surface area contributed by atoms with Crippen molar-refractivity contribution in [3.05, 3.63) is 64.6 Å². The van der Waals surface area contributed by atoms with E-state index in [9.17, 15) is 4.79 Å². The summed E-state index contributed by atoms with van der Waals surface area (Å²) in [6.45, 7) is 0. The van der Waals surface area contributed by atoms with Crippen LogP contribution >= 0.6 is 22.9 Å². The number of benzene rings is 2. The lowest BCUT2D eigenvalue weighted by molar-refractivity contribution is -0.115. The first-order valence-corrected chi connectivity index (χ1v) is 8.80. The smallest absolute Gasteiger partial charge is 0.232 e. The summed E-state index contributed by atoms with van der Waals surface area (Å²) in [4.78, 5) is 16.7. The Balaban J connectivity index is 1.49. The number of nitrogens with zero attached hydrogens (tertiary/aromatic N) is 2. The maximum Gasteiger partial charge on any atom is 0.232 e. The largest absolute Gasteiger partial charge is 0.356 e. The number of aromatic nitrogens is 2. The van der Waals surface area contributed by atoms with Crippen LogP contribution in [0.4, 0.5) is 5.13 Å². The van der Waals surface area contributed by atoms with Gasteiger partial charge in [0.15, 0.2) is 10.7 Å². The summed E-state index contributed by atoms with van der Waals surface area (Å²) in [5.41, 5.74) is 2.85. The monoisotopic (exact) mass is 369 g/mol. The van der Waals surface area contributed by atoms with Gasteiger partial charge in [-0.05, 0) is 18.2 Å². The van der Waals surface area contributed by atoms with Gasteiger partial charge < -0.3 is 9.84 Å². The second-order valence-corrected chi connectivity index (χ2v) is 6.63. The maximum absolute atomic E-state index is 12.3. The lowest BCUT2D eigenvalue weighted by Crippen LogP contribution is -2.14. The van der Waals surface area contributed by atoms with E-state index in [0.717, 1.165) is 16.6 Å². The fourth-order valence-corrected chi connectivity index (χ4v) is 3.46. The minimum atomic E-state index is -0.195. The highest BCUT2D eigenvalue weighted by Gasteiger charge is 2.14. The average Bonchev–Trinajstić information content (AvgIpc) is 3.23. The van der Waals surface area contributed by atoms with Crippen LogP contribution in [0.15, 0.2) is 58.4 Å². The van der Waals surface area contributed by atoms with E-state index in [0.29, 0.717) is 21.4 Å². The Morgan fingerprint density at radius 1 is 1.16 bits per heavy atom. The van der Waals surface area contributed by atoms with Crippen LogP contribution < -0.4 is 5.32 Å². The third kappa shape index (κ3) is 3.26. The van der Waals surface area contributed by atoms with Crippen molar-refractivity contribution in [1.82, 2.24) is 10.1 Å². The van der Waals surface area contributed by atoms with Crippen LogP contribution in [0.3, 0.4) is 0 Å². The van der Waals surface area contributed by atoms with Gasteiger partial charge in [0.1, 0.15) is 5.69 Å². The molecule has 0 bridgehead atoms. The van der Waals surface area contributed by atoms with Crippen LogP contribution in [0.25, 0.3) is 22.2 Å². The lowest BCUT2D eigenvalue weighted by atomic mass is 10.2. The van der Waals surface area contributed by atoms with Crippen LogP contribution in [0.5, 0.6) is 0 Å². The van der Waals surface area contributed by atoms with E-state index < -0.39 is 0 Å². The minimum Gasteiger partial charge on any atom is -0.356 e. The van der Waals surface area contributed by atoms with Crippen LogP contribution in [-0.4, -0.2) is 16.0 Å². The Labute approximate surface area is 152 Å². The number of hydrogen-bond acceptors (Lipinski definition) is 5. The summed E-state index contributed by atoms with van der Waals surface area (Å²) in [5, 5.41) is 10.6. The molecule has 0 saturated carbocycles. The topological polar surface area (TPSA) is 68.0 Å². The van der Waals surface area contributed by atoms with Crippen molar-refractivity contribution in [2.75, 3.05) is 5.32 Å². The number of halogens is 1. The molecule has 0 unspecified atom stereocenters. The minimum absolute atomic E-state index is 0.123. The lowest BCUT2D eigenvalue weighted by Gasteiger charge is -2.00. The van der Waals surface area contributed by atoms with Crippen LogP contribution in [0, 0.1) is 0 Å². The van der Waals surface area contributed by atoms with Crippen molar-refractivity contribution >= 4 is 44.9 Å². The Bertz CT molecular complexity index is 1060. The van der Waals surface area contributed by atoms with Gasteiger partial charge in [0.25, 0.3) is 0 Å². The summed E-state index contributed by atoms with van der Waals surface area (Å²) < 4.78 is 5.22. The van der Waals surface area contributed by atoms with Crippen molar-refractivity contribution in [3.8, 4) is 11.3 Å². The SMILES string of the molecule is O=C(Cc1noc2ccccc12)Nc1nc(-c2ccccc2Cl)cs1. The average molecular weight is 370 g/mol. The Morgan fingerprint density at radius 3 is 2.84 bits per heavy atom. The van der Waals surface area contributed by atoms with Gasteiger partial charge in [0.05, 0.1) is 12.1 Å². The molecule has 0 fully saturated rings. The first-order chi connectivity index (χ1) is 12.2. The van der Waals surface area contributed by atoms with E-state index in [2.05, 4.69) is 15.5 Å². The molecule has 0 saturated heterocycles. The quantitative estimate of drug-likeness (QED) is 0.561. The van der Waals surface area contributed by atoms with Crippen molar-refractivity contribution in [1.29, 1.82) is 0 Å². The number of amides is 1. The zero-order valence-corrected chi connectivity index (χ0v) is 14.5. The Morgan fingerprint density at radius 2 is 1.96 bits per heavy atom. The number of fused-ring (bicyclic) bond motifs is 1. The Hall–Kier alpha value is -2.70. The summed E-state index contributed by atoms with van der Waals surface area (Å²) in [7, 11) is 0. The third-order valence-corrected chi connectivity index (χ3v) is 4.77. The molecule has 4 rings (SSSR count). The predicted molar refractivity (Wildman–Crippen MR) is 98.9 cm³/mol. The highest BCUT2D eigenvalue weighted by Crippen LogP contribution is 2.30. The number of para-hydroxylation sites is 1. The van der Waals surface area contributed by atoms with E-state index in [-0.39, 0.29) is 12.3 Å². The fourth-order valence-electron chi connectivity index (χ4n) is 2.50. The fraction of sp³-hybridized carbons (Fsp3) is 0.0556. The molecule has 5 nitrogen and oxygen atoms in total. The van der Waals surface area contributed by atoms with Gasteiger partial charge in [0, 0.05) is 21.4 Å². The molecule has 0 aliphatic rings. The van der Waals surface area contributed by atoms with Gasteiger partial charge in [-0.15, -0.1) is 11.3 Å². The molecule has 0 aliphatic carbocycles. The van der Waals surface area contributed by atoms with Crippen molar-refractivity contribution < 1.29 is 9.32 Å². The first kappa shape index (κ1) is 15.8. The van der Waals surface area contributed by atoms with Crippen molar-refractivity contribution in [2.24, 2.45) is 0 Å². The zero-order valence-electron chi connectivity index (χ0n) is 12.9. The van der Waals surface area contributed by atoms with E-state index in [4.69, 9.17) is 16.1 Å². The number of carbonyl (C=O) groups is 1. The summed E-state index contributed by atoms with van der Waals surface area (Å²) >= 11 is 7.53. The number of rotatable bonds is 4. The highest BCUT2D eigenvalue weighted by molar-refractivity contribution is 7.14. The third-order valence-electron chi connectivity index (χ3n) is 3.68. The van der Waals surface area contributed by atoms with Gasteiger partial charge in [0.2, 0.25) is 5.91 Å². The molecular weight excluding hydrogens is 358 g/mol. The van der Waals surface area contributed by atoms with Gasteiger partial charge in [-0.2, -0.15) is 0 Å². The van der Waals surface area contributed by atoms with Crippen LogP contribution in [0.1, 0.15) is 5.69 Å². The molecule has 25 heavy (non-hydrogen) atoms. The van der Waals surface area contributed by atoms with Crippen LogP contribution in [-0.2, 0) is 11.2 Å². The van der Waals surface area contributed by atoms with Crippen LogP contribution in [0.2, 0.25) is 5.02 Å².